The van der Waals surface area contributed by atoms with E-state index in [0.717, 1.165) is 13.1 Å². The Kier molecular flexibility index (Phi) is 3.09. The Labute approximate surface area is 98.9 Å². The Morgan fingerprint density at radius 3 is 2.50 bits per heavy atom. The van der Waals surface area contributed by atoms with Crippen molar-refractivity contribution in [1.82, 2.24) is 15.1 Å². The van der Waals surface area contributed by atoms with Crippen molar-refractivity contribution < 1.29 is 4.79 Å². The number of nitrogens with one attached hydrogen (secondary N) is 1. The van der Waals surface area contributed by atoms with Crippen LogP contribution in [0.5, 0.6) is 0 Å². The van der Waals surface area contributed by atoms with Crippen LogP contribution in [0.3, 0.4) is 0 Å². The fraction of sp³-hybridized carbons (Fsp3) is 0.700. The van der Waals surface area contributed by atoms with Crippen LogP contribution in [0.15, 0.2) is 0 Å². The van der Waals surface area contributed by atoms with Crippen molar-refractivity contribution in [3.63, 3.8) is 0 Å². The summed E-state index contributed by atoms with van der Waals surface area (Å²) < 4.78 is 0. The Hall–Kier alpha value is -1.17. The van der Waals surface area contributed by atoms with Crippen LogP contribution < -0.4 is 5.32 Å². The lowest BCUT2D eigenvalue weighted by atomic mass is 10.0. The molecule has 16 heavy (non-hydrogen) atoms. The average molecular weight is 240 g/mol. The fourth-order valence-corrected chi connectivity index (χ4v) is 2.51. The van der Waals surface area contributed by atoms with Crippen LogP contribution in [0.2, 0.25) is 0 Å². The van der Waals surface area contributed by atoms with Gasteiger partial charge in [0.25, 0.3) is 5.91 Å². The van der Waals surface area contributed by atoms with Gasteiger partial charge in [-0.25, -0.2) is 0 Å². The van der Waals surface area contributed by atoms with Crippen LogP contribution in [-0.2, 0) is 0 Å². The topological polar surface area (TPSA) is 58.1 Å². The highest BCUT2D eigenvalue weighted by molar-refractivity contribution is 7.17. The minimum atomic E-state index is 0.00944. The lowest BCUT2D eigenvalue weighted by molar-refractivity contribution is 0.0784. The van der Waals surface area contributed by atoms with Crippen LogP contribution >= 0.6 is 11.3 Å². The zero-order chi connectivity index (χ0) is 11.7. The highest BCUT2D eigenvalue weighted by Gasteiger charge is 2.31. The van der Waals surface area contributed by atoms with Crippen molar-refractivity contribution in [3.05, 3.63) is 5.01 Å². The monoisotopic (exact) mass is 240 g/mol. The lowest BCUT2D eigenvalue weighted by Crippen LogP contribution is -2.28. The van der Waals surface area contributed by atoms with E-state index in [1.165, 1.54) is 11.3 Å². The molecule has 0 bridgehead atoms. The number of nitrogens with zero attached hydrogens (tertiary/aromatic N) is 3. The van der Waals surface area contributed by atoms with E-state index in [4.69, 9.17) is 0 Å². The standard InChI is InChI=1S/C10H16N4OS/c1-6-4-14(5-7(6)2)9(15)8-12-13-10(11-3)16-8/h6-7H,4-5H2,1-3H3,(H,11,13). The van der Waals surface area contributed by atoms with E-state index in [2.05, 4.69) is 29.4 Å². The molecule has 5 nitrogen and oxygen atoms in total. The van der Waals surface area contributed by atoms with E-state index >= 15 is 0 Å². The second kappa shape index (κ2) is 4.37. The molecule has 0 aromatic carbocycles. The molecule has 2 rings (SSSR count). The average Bonchev–Trinajstić information content (AvgIpc) is 2.86. The Morgan fingerprint density at radius 1 is 1.38 bits per heavy atom. The van der Waals surface area contributed by atoms with E-state index in [9.17, 15) is 4.79 Å². The molecule has 1 aromatic heterocycles. The van der Waals surface area contributed by atoms with E-state index in [1.54, 1.807) is 7.05 Å². The van der Waals surface area contributed by atoms with Gasteiger partial charge < -0.3 is 10.2 Å². The Bertz CT molecular complexity index is 382. The number of rotatable bonds is 2. The minimum absolute atomic E-state index is 0.00944. The van der Waals surface area contributed by atoms with Crippen molar-refractivity contribution in [2.75, 3.05) is 25.5 Å². The first-order valence-electron chi connectivity index (χ1n) is 5.42. The van der Waals surface area contributed by atoms with Gasteiger partial charge in [-0.2, -0.15) is 0 Å². The van der Waals surface area contributed by atoms with Crippen LogP contribution in [0, 0.1) is 11.8 Å². The summed E-state index contributed by atoms with van der Waals surface area (Å²) in [5, 5.41) is 11.8. The molecule has 1 aliphatic heterocycles. The number of aromatic nitrogens is 2. The number of likely N-dealkylation sites (tertiary alicyclic amines) is 1. The summed E-state index contributed by atoms with van der Waals surface area (Å²) in [6, 6.07) is 0. The number of hydrogen-bond acceptors (Lipinski definition) is 5. The van der Waals surface area contributed by atoms with Crippen LogP contribution in [-0.4, -0.2) is 41.1 Å². The molecule has 1 saturated heterocycles. The second-order valence-electron chi connectivity index (χ2n) is 4.33. The molecule has 2 heterocycles. The molecule has 6 heteroatoms. The largest absolute Gasteiger partial charge is 0.363 e. The maximum atomic E-state index is 12.1. The molecule has 2 atom stereocenters. The van der Waals surface area contributed by atoms with Gasteiger partial charge in [-0.15, -0.1) is 10.2 Å². The first-order valence-corrected chi connectivity index (χ1v) is 6.24. The maximum absolute atomic E-state index is 12.1. The molecule has 0 saturated carbocycles. The summed E-state index contributed by atoms with van der Waals surface area (Å²) in [5.74, 6) is 1.15. The molecule has 88 valence electrons. The van der Waals surface area contributed by atoms with Gasteiger partial charge in [0, 0.05) is 20.1 Å². The maximum Gasteiger partial charge on any atom is 0.284 e. The highest BCUT2D eigenvalue weighted by atomic mass is 32.1. The van der Waals surface area contributed by atoms with Crippen molar-refractivity contribution >= 4 is 22.4 Å². The molecule has 1 aromatic rings. The van der Waals surface area contributed by atoms with Gasteiger partial charge in [0.15, 0.2) is 0 Å². The molecule has 1 amide bonds. The summed E-state index contributed by atoms with van der Waals surface area (Å²) in [7, 11) is 1.77. The molecule has 0 spiro atoms. The fourth-order valence-electron chi connectivity index (χ4n) is 1.84. The lowest BCUT2D eigenvalue weighted by Gasteiger charge is -2.13. The van der Waals surface area contributed by atoms with Gasteiger partial charge in [0.1, 0.15) is 0 Å². The number of anilines is 1. The van der Waals surface area contributed by atoms with Gasteiger partial charge >= 0.3 is 0 Å². The summed E-state index contributed by atoms with van der Waals surface area (Å²) in [6.45, 7) is 6.01. The van der Waals surface area contributed by atoms with Gasteiger partial charge in [-0.05, 0) is 11.8 Å². The SMILES string of the molecule is CNc1nnc(C(=O)N2CC(C)C(C)C2)s1. The van der Waals surface area contributed by atoms with Crippen LogP contribution in [0.1, 0.15) is 23.6 Å². The van der Waals surface area contributed by atoms with Gasteiger partial charge in [0.05, 0.1) is 0 Å². The summed E-state index contributed by atoms with van der Waals surface area (Å²) in [6.07, 6.45) is 0. The van der Waals surface area contributed by atoms with E-state index < -0.39 is 0 Å². The zero-order valence-electron chi connectivity index (χ0n) is 9.73. The Morgan fingerprint density at radius 2 is 2.00 bits per heavy atom. The van der Waals surface area contributed by atoms with Crippen molar-refractivity contribution in [2.24, 2.45) is 11.8 Å². The zero-order valence-corrected chi connectivity index (χ0v) is 10.5. The number of hydrogen-bond donors (Lipinski definition) is 1. The third kappa shape index (κ3) is 2.02. The van der Waals surface area contributed by atoms with Crippen molar-refractivity contribution in [1.29, 1.82) is 0 Å². The van der Waals surface area contributed by atoms with Crippen molar-refractivity contribution in [2.45, 2.75) is 13.8 Å². The van der Waals surface area contributed by atoms with Crippen LogP contribution in [0.25, 0.3) is 0 Å². The predicted molar refractivity (Wildman–Crippen MR) is 63.7 cm³/mol. The Balaban J connectivity index is 2.08. The molecular formula is C10H16N4OS. The number of carbonyl (C=O) groups is 1. The van der Waals surface area contributed by atoms with E-state index in [-0.39, 0.29) is 5.91 Å². The number of carbonyl (C=O) groups excluding carboxylic acids is 1. The molecule has 1 aliphatic rings. The van der Waals surface area contributed by atoms with E-state index in [0.29, 0.717) is 22.0 Å². The normalized spacial score (nSPS) is 24.8. The third-order valence-electron chi connectivity index (χ3n) is 3.10. The van der Waals surface area contributed by atoms with Gasteiger partial charge in [-0.1, -0.05) is 25.2 Å². The van der Waals surface area contributed by atoms with Crippen LogP contribution in [0.4, 0.5) is 5.13 Å². The van der Waals surface area contributed by atoms with Gasteiger partial charge in [-0.3, -0.25) is 4.79 Å². The second-order valence-corrected chi connectivity index (χ2v) is 5.30. The van der Waals surface area contributed by atoms with E-state index in [1.807, 2.05) is 4.90 Å². The molecular weight excluding hydrogens is 224 g/mol. The summed E-state index contributed by atoms with van der Waals surface area (Å²) >= 11 is 1.31. The van der Waals surface area contributed by atoms with Gasteiger partial charge in [0.2, 0.25) is 10.1 Å². The molecule has 2 unspecified atom stereocenters. The predicted octanol–water partition coefficient (Wildman–Crippen LogP) is 1.31. The first-order chi connectivity index (χ1) is 7.61. The third-order valence-corrected chi connectivity index (χ3v) is 4.03. The molecule has 0 aliphatic carbocycles. The minimum Gasteiger partial charge on any atom is -0.363 e. The summed E-state index contributed by atoms with van der Waals surface area (Å²) in [5.41, 5.74) is 0. The molecule has 1 fully saturated rings. The molecule has 1 N–H and O–H groups in total. The highest BCUT2D eigenvalue weighted by Crippen LogP contribution is 2.25. The first kappa shape index (κ1) is 11.3. The summed E-state index contributed by atoms with van der Waals surface area (Å²) in [4.78, 5) is 13.9. The number of amides is 1. The smallest absolute Gasteiger partial charge is 0.284 e. The quantitative estimate of drug-likeness (QED) is 0.846. The molecule has 0 radical (unpaired) electrons. The van der Waals surface area contributed by atoms with Crippen molar-refractivity contribution in [3.8, 4) is 0 Å².